The zero-order valence-electron chi connectivity index (χ0n) is 14.4. The first-order valence-corrected chi connectivity index (χ1v) is 9.06. The van der Waals surface area contributed by atoms with Crippen molar-refractivity contribution in [2.45, 2.75) is 51.2 Å². The zero-order chi connectivity index (χ0) is 16.2. The van der Waals surface area contributed by atoms with E-state index >= 15 is 0 Å². The van der Waals surface area contributed by atoms with Crippen LogP contribution in [0.3, 0.4) is 0 Å². The van der Waals surface area contributed by atoms with Gasteiger partial charge in [-0.15, -0.1) is 0 Å². The van der Waals surface area contributed by atoms with Crippen molar-refractivity contribution in [1.29, 1.82) is 0 Å². The summed E-state index contributed by atoms with van der Waals surface area (Å²) in [5.41, 5.74) is 1.11. The molecule has 126 valence electrons. The van der Waals surface area contributed by atoms with Crippen LogP contribution in [0.1, 0.15) is 44.7 Å². The molecule has 4 nitrogen and oxygen atoms in total. The number of nitrogens with one attached hydrogen (secondary N) is 1. The molecule has 23 heavy (non-hydrogen) atoms. The second-order valence-electron chi connectivity index (χ2n) is 6.75. The van der Waals surface area contributed by atoms with Gasteiger partial charge in [-0.2, -0.15) is 0 Å². The summed E-state index contributed by atoms with van der Waals surface area (Å²) in [5.74, 6) is 0.272. The summed E-state index contributed by atoms with van der Waals surface area (Å²) in [6, 6.07) is 11.2. The van der Waals surface area contributed by atoms with Crippen LogP contribution in [0.4, 0.5) is 0 Å². The molecule has 2 fully saturated rings. The van der Waals surface area contributed by atoms with Crippen LogP contribution in [0.25, 0.3) is 0 Å². The summed E-state index contributed by atoms with van der Waals surface area (Å²) < 4.78 is 0. The van der Waals surface area contributed by atoms with Crippen LogP contribution in [0, 0.1) is 0 Å². The Bertz CT molecular complexity index is 515. The van der Waals surface area contributed by atoms with Gasteiger partial charge in [0.15, 0.2) is 0 Å². The number of fused-ring (bicyclic) bond motifs is 2. The van der Waals surface area contributed by atoms with Crippen molar-refractivity contribution in [2.75, 3.05) is 26.2 Å². The molecule has 0 aromatic heterocycles. The number of likely N-dealkylation sites (tertiary alicyclic amines) is 1. The van der Waals surface area contributed by atoms with Gasteiger partial charge in [0, 0.05) is 25.2 Å². The molecular formula is C19H29N3O. The quantitative estimate of drug-likeness (QED) is 0.906. The highest BCUT2D eigenvalue weighted by Gasteiger charge is 2.35. The minimum absolute atomic E-state index is 0.150. The summed E-state index contributed by atoms with van der Waals surface area (Å²) in [7, 11) is 0. The Morgan fingerprint density at radius 1 is 1.17 bits per heavy atom. The molecule has 0 aliphatic carbocycles. The highest BCUT2D eigenvalue weighted by Crippen LogP contribution is 2.26. The van der Waals surface area contributed by atoms with Crippen LogP contribution in [0.5, 0.6) is 0 Å². The molecule has 2 aliphatic heterocycles. The number of benzene rings is 1. The summed E-state index contributed by atoms with van der Waals surface area (Å²) in [6.07, 6.45) is 3.56. The fourth-order valence-electron chi connectivity index (χ4n) is 4.05. The lowest BCUT2D eigenvalue weighted by atomic mass is 10.0. The van der Waals surface area contributed by atoms with Gasteiger partial charge in [0.25, 0.3) is 0 Å². The van der Waals surface area contributed by atoms with Gasteiger partial charge in [-0.05, 0) is 37.9 Å². The average Bonchev–Trinajstić information content (AvgIpc) is 2.91. The number of hydrogen-bond acceptors (Lipinski definition) is 3. The van der Waals surface area contributed by atoms with Crippen LogP contribution in [0.2, 0.25) is 0 Å². The van der Waals surface area contributed by atoms with Crippen molar-refractivity contribution in [3.63, 3.8) is 0 Å². The van der Waals surface area contributed by atoms with Gasteiger partial charge in [-0.3, -0.25) is 9.69 Å². The van der Waals surface area contributed by atoms with Gasteiger partial charge in [0.1, 0.15) is 6.04 Å². The largest absolute Gasteiger partial charge is 0.339 e. The van der Waals surface area contributed by atoms with E-state index in [-0.39, 0.29) is 11.9 Å². The lowest BCUT2D eigenvalue weighted by molar-refractivity contribution is -0.137. The number of likely N-dealkylation sites (N-methyl/N-ethyl adjacent to an activating group) is 1. The van der Waals surface area contributed by atoms with Crippen LogP contribution in [-0.4, -0.2) is 54.0 Å². The van der Waals surface area contributed by atoms with Crippen molar-refractivity contribution in [1.82, 2.24) is 15.1 Å². The van der Waals surface area contributed by atoms with Gasteiger partial charge < -0.3 is 10.2 Å². The van der Waals surface area contributed by atoms with E-state index in [0.717, 1.165) is 38.2 Å². The number of nitrogens with zero attached hydrogens (tertiary/aromatic N) is 2. The monoisotopic (exact) mass is 315 g/mol. The molecule has 2 saturated heterocycles. The average molecular weight is 315 g/mol. The Labute approximate surface area is 139 Å². The third kappa shape index (κ3) is 3.59. The highest BCUT2D eigenvalue weighted by atomic mass is 16.2. The van der Waals surface area contributed by atoms with Gasteiger partial charge in [-0.1, -0.05) is 44.2 Å². The molecular weight excluding hydrogens is 286 g/mol. The molecule has 2 heterocycles. The van der Waals surface area contributed by atoms with Crippen molar-refractivity contribution in [3.8, 4) is 0 Å². The molecule has 1 amide bonds. The summed E-state index contributed by atoms with van der Waals surface area (Å²) >= 11 is 0. The number of amides is 1. The third-order valence-electron chi connectivity index (χ3n) is 5.36. The van der Waals surface area contributed by atoms with Crippen LogP contribution in [-0.2, 0) is 4.79 Å². The van der Waals surface area contributed by atoms with E-state index in [1.807, 2.05) is 18.2 Å². The van der Waals surface area contributed by atoms with Crippen molar-refractivity contribution in [3.05, 3.63) is 35.9 Å². The van der Waals surface area contributed by atoms with Gasteiger partial charge >= 0.3 is 0 Å². The maximum absolute atomic E-state index is 13.3. The van der Waals surface area contributed by atoms with Crippen LogP contribution in [0.15, 0.2) is 30.3 Å². The molecule has 1 aromatic carbocycles. The molecule has 0 spiro atoms. The fourth-order valence-corrected chi connectivity index (χ4v) is 4.05. The van der Waals surface area contributed by atoms with E-state index in [2.05, 4.69) is 41.1 Å². The molecule has 0 radical (unpaired) electrons. The molecule has 2 aliphatic rings. The molecule has 3 atom stereocenters. The maximum atomic E-state index is 13.3. The SMILES string of the molecule is CCN(CC)C(C(=O)N1CCC2CCC(C1)N2)c1ccccc1. The summed E-state index contributed by atoms with van der Waals surface area (Å²) in [5, 5.41) is 3.67. The topological polar surface area (TPSA) is 35.6 Å². The van der Waals surface area contributed by atoms with E-state index < -0.39 is 0 Å². The first-order valence-electron chi connectivity index (χ1n) is 9.06. The summed E-state index contributed by atoms with van der Waals surface area (Å²) in [6.45, 7) is 7.80. The molecule has 4 heteroatoms. The Morgan fingerprint density at radius 3 is 2.57 bits per heavy atom. The first-order chi connectivity index (χ1) is 11.2. The van der Waals surface area contributed by atoms with Crippen molar-refractivity contribution in [2.24, 2.45) is 0 Å². The smallest absolute Gasteiger partial charge is 0.244 e. The Morgan fingerprint density at radius 2 is 1.87 bits per heavy atom. The molecule has 2 bridgehead atoms. The van der Waals surface area contributed by atoms with Crippen LogP contribution >= 0.6 is 0 Å². The van der Waals surface area contributed by atoms with Gasteiger partial charge in [-0.25, -0.2) is 0 Å². The Kier molecular flexibility index (Phi) is 5.34. The zero-order valence-corrected chi connectivity index (χ0v) is 14.4. The van der Waals surface area contributed by atoms with E-state index in [1.165, 1.54) is 12.8 Å². The minimum atomic E-state index is -0.150. The van der Waals surface area contributed by atoms with Gasteiger partial charge in [0.05, 0.1) is 0 Å². The first kappa shape index (κ1) is 16.5. The Balaban J connectivity index is 1.82. The molecule has 1 N–H and O–H groups in total. The minimum Gasteiger partial charge on any atom is -0.339 e. The number of hydrogen-bond donors (Lipinski definition) is 1. The molecule has 1 aromatic rings. The number of carbonyl (C=O) groups is 1. The number of carbonyl (C=O) groups excluding carboxylic acids is 1. The lowest BCUT2D eigenvalue weighted by Crippen LogP contribution is -2.46. The predicted molar refractivity (Wildman–Crippen MR) is 93.2 cm³/mol. The maximum Gasteiger partial charge on any atom is 0.244 e. The van der Waals surface area contributed by atoms with Crippen LogP contribution < -0.4 is 5.32 Å². The second kappa shape index (κ2) is 7.45. The molecule has 3 rings (SSSR count). The van der Waals surface area contributed by atoms with E-state index in [1.54, 1.807) is 0 Å². The summed E-state index contributed by atoms with van der Waals surface area (Å²) in [4.78, 5) is 17.7. The standard InChI is InChI=1S/C19H29N3O/c1-3-21(4-2)18(15-8-6-5-7-9-15)19(23)22-13-12-16-10-11-17(14-22)20-16/h5-9,16-18,20H,3-4,10-14H2,1-2H3. The third-order valence-corrected chi connectivity index (χ3v) is 5.36. The fraction of sp³-hybridized carbons (Fsp3) is 0.632. The highest BCUT2D eigenvalue weighted by molar-refractivity contribution is 5.83. The van der Waals surface area contributed by atoms with Crippen molar-refractivity contribution >= 4 is 5.91 Å². The second-order valence-corrected chi connectivity index (χ2v) is 6.75. The van der Waals surface area contributed by atoms with E-state index in [4.69, 9.17) is 0 Å². The molecule has 0 saturated carbocycles. The number of rotatable bonds is 5. The Hall–Kier alpha value is -1.39. The predicted octanol–water partition coefficient (Wildman–Crippen LogP) is 2.42. The van der Waals surface area contributed by atoms with Crippen molar-refractivity contribution < 1.29 is 4.79 Å². The van der Waals surface area contributed by atoms with Gasteiger partial charge in [0.2, 0.25) is 5.91 Å². The normalized spacial score (nSPS) is 25.4. The molecule has 3 unspecified atom stereocenters. The van der Waals surface area contributed by atoms with E-state index in [0.29, 0.717) is 12.1 Å². The van der Waals surface area contributed by atoms with E-state index in [9.17, 15) is 4.79 Å². The lowest BCUT2D eigenvalue weighted by Gasteiger charge is -2.34.